The van der Waals surface area contributed by atoms with Crippen LogP contribution in [0.1, 0.15) is 13.3 Å². The summed E-state index contributed by atoms with van der Waals surface area (Å²) < 4.78 is 9.99. The van der Waals surface area contributed by atoms with E-state index in [-0.39, 0.29) is 17.6 Å². The number of hydrogen-bond acceptors (Lipinski definition) is 7. The van der Waals surface area contributed by atoms with Gasteiger partial charge in [0, 0.05) is 13.1 Å². The smallest absolute Gasteiger partial charge is 0.324 e. The minimum Gasteiger partial charge on any atom is -0.467 e. The molecule has 1 saturated heterocycles. The van der Waals surface area contributed by atoms with Crippen LogP contribution >= 0.6 is 0 Å². The molecule has 2 rings (SSSR count). The first-order chi connectivity index (χ1) is 8.10. The Morgan fingerprint density at radius 2 is 1.71 bits per heavy atom. The number of anilines is 1. The lowest BCUT2D eigenvalue weighted by atomic mass is 9.89. The molecule has 1 fully saturated rings. The number of rotatable bonds is 4. The molecular formula is C10H17N5O2. The van der Waals surface area contributed by atoms with Crippen LogP contribution in [0.15, 0.2) is 0 Å². The second kappa shape index (κ2) is 4.33. The van der Waals surface area contributed by atoms with Crippen LogP contribution in [0.4, 0.5) is 5.95 Å². The van der Waals surface area contributed by atoms with Crippen molar-refractivity contribution in [2.75, 3.05) is 32.2 Å². The molecule has 0 saturated carbocycles. The summed E-state index contributed by atoms with van der Waals surface area (Å²) in [5.74, 6) is 0.545. The number of nitrogens with two attached hydrogens (primary N) is 1. The van der Waals surface area contributed by atoms with Crippen LogP contribution in [-0.2, 0) is 0 Å². The second-order valence-electron chi connectivity index (χ2n) is 4.18. The first-order valence-electron chi connectivity index (χ1n) is 5.48. The second-order valence-corrected chi connectivity index (χ2v) is 4.18. The zero-order chi connectivity index (χ0) is 12.5. The molecule has 0 radical (unpaired) electrons. The monoisotopic (exact) mass is 239 g/mol. The minimum absolute atomic E-state index is 0.132. The van der Waals surface area contributed by atoms with Crippen LogP contribution in [0.3, 0.4) is 0 Å². The summed E-state index contributed by atoms with van der Waals surface area (Å²) in [6.07, 6.45) is 0.933. The molecule has 1 aromatic rings. The predicted molar refractivity (Wildman–Crippen MR) is 62.4 cm³/mol. The molecule has 1 aliphatic rings. The molecule has 0 spiro atoms. The van der Waals surface area contributed by atoms with Gasteiger partial charge in [0.1, 0.15) is 0 Å². The molecule has 17 heavy (non-hydrogen) atoms. The van der Waals surface area contributed by atoms with Crippen LogP contribution < -0.4 is 20.1 Å². The zero-order valence-corrected chi connectivity index (χ0v) is 10.3. The maximum atomic E-state index is 6.10. The van der Waals surface area contributed by atoms with Crippen LogP contribution in [0.25, 0.3) is 0 Å². The van der Waals surface area contributed by atoms with Gasteiger partial charge >= 0.3 is 12.0 Å². The molecule has 0 aliphatic carbocycles. The SMILES string of the molecule is CCC1(N)CN(c2nc(OC)nc(OC)n2)C1. The minimum atomic E-state index is -0.132. The van der Waals surface area contributed by atoms with Crippen molar-refractivity contribution in [3.63, 3.8) is 0 Å². The summed E-state index contributed by atoms with van der Waals surface area (Å²) in [5.41, 5.74) is 5.96. The van der Waals surface area contributed by atoms with E-state index in [9.17, 15) is 0 Å². The summed E-state index contributed by atoms with van der Waals surface area (Å²) in [6.45, 7) is 3.55. The fraction of sp³-hybridized carbons (Fsp3) is 0.700. The largest absolute Gasteiger partial charge is 0.467 e. The van der Waals surface area contributed by atoms with E-state index in [2.05, 4.69) is 21.9 Å². The van der Waals surface area contributed by atoms with Crippen LogP contribution in [0.5, 0.6) is 12.0 Å². The molecule has 0 bridgehead atoms. The Balaban J connectivity index is 2.17. The van der Waals surface area contributed by atoms with Gasteiger partial charge in [-0.15, -0.1) is 4.98 Å². The van der Waals surface area contributed by atoms with E-state index in [1.807, 2.05) is 4.90 Å². The van der Waals surface area contributed by atoms with E-state index in [1.54, 1.807) is 0 Å². The van der Waals surface area contributed by atoms with Crippen molar-refractivity contribution in [3.05, 3.63) is 0 Å². The number of nitrogens with zero attached hydrogens (tertiary/aromatic N) is 4. The van der Waals surface area contributed by atoms with E-state index in [1.165, 1.54) is 14.2 Å². The van der Waals surface area contributed by atoms with E-state index in [0.29, 0.717) is 5.95 Å². The Kier molecular flexibility index (Phi) is 3.01. The molecule has 1 aliphatic heterocycles. The van der Waals surface area contributed by atoms with Crippen LogP contribution in [-0.4, -0.2) is 47.8 Å². The zero-order valence-electron chi connectivity index (χ0n) is 10.3. The molecule has 2 N–H and O–H groups in total. The van der Waals surface area contributed by atoms with Crippen molar-refractivity contribution in [1.82, 2.24) is 15.0 Å². The van der Waals surface area contributed by atoms with Crippen molar-refractivity contribution in [3.8, 4) is 12.0 Å². The van der Waals surface area contributed by atoms with Crippen molar-refractivity contribution >= 4 is 5.95 Å². The van der Waals surface area contributed by atoms with Crippen molar-refractivity contribution < 1.29 is 9.47 Å². The molecular weight excluding hydrogens is 222 g/mol. The third-order valence-electron chi connectivity index (χ3n) is 2.95. The molecule has 7 heteroatoms. The number of methoxy groups -OCH3 is 2. The number of aromatic nitrogens is 3. The molecule has 94 valence electrons. The van der Waals surface area contributed by atoms with Crippen molar-refractivity contribution in [1.29, 1.82) is 0 Å². The molecule has 2 heterocycles. The summed E-state index contributed by atoms with van der Waals surface area (Å²) in [4.78, 5) is 14.3. The van der Waals surface area contributed by atoms with Gasteiger partial charge in [-0.2, -0.15) is 9.97 Å². The summed E-state index contributed by atoms with van der Waals surface area (Å²) in [7, 11) is 3.02. The Morgan fingerprint density at radius 1 is 1.18 bits per heavy atom. The van der Waals surface area contributed by atoms with Gasteiger partial charge in [-0.05, 0) is 6.42 Å². The highest BCUT2D eigenvalue weighted by molar-refractivity contribution is 5.39. The van der Waals surface area contributed by atoms with Crippen LogP contribution in [0, 0.1) is 0 Å². The van der Waals surface area contributed by atoms with E-state index in [0.717, 1.165) is 19.5 Å². The molecule has 0 unspecified atom stereocenters. The van der Waals surface area contributed by atoms with Gasteiger partial charge in [0.05, 0.1) is 19.8 Å². The summed E-state index contributed by atoms with van der Waals surface area (Å²) in [5, 5.41) is 0. The summed E-state index contributed by atoms with van der Waals surface area (Å²) >= 11 is 0. The van der Waals surface area contributed by atoms with Gasteiger partial charge in [0.2, 0.25) is 5.95 Å². The van der Waals surface area contributed by atoms with E-state index in [4.69, 9.17) is 15.2 Å². The van der Waals surface area contributed by atoms with Gasteiger partial charge < -0.3 is 20.1 Å². The maximum Gasteiger partial charge on any atom is 0.324 e. The van der Waals surface area contributed by atoms with Gasteiger partial charge in [0.25, 0.3) is 0 Å². The third-order valence-corrected chi connectivity index (χ3v) is 2.95. The molecule has 0 amide bonds. The topological polar surface area (TPSA) is 86.4 Å². The molecule has 1 aromatic heterocycles. The van der Waals surface area contributed by atoms with Crippen molar-refractivity contribution in [2.45, 2.75) is 18.9 Å². The van der Waals surface area contributed by atoms with Gasteiger partial charge in [-0.25, -0.2) is 0 Å². The van der Waals surface area contributed by atoms with Gasteiger partial charge in [-0.1, -0.05) is 6.92 Å². The Morgan fingerprint density at radius 3 is 2.12 bits per heavy atom. The van der Waals surface area contributed by atoms with Crippen molar-refractivity contribution in [2.24, 2.45) is 5.73 Å². The fourth-order valence-corrected chi connectivity index (χ4v) is 1.73. The quantitative estimate of drug-likeness (QED) is 0.779. The Hall–Kier alpha value is -1.63. The number of hydrogen-bond donors (Lipinski definition) is 1. The first-order valence-corrected chi connectivity index (χ1v) is 5.48. The standard InChI is InChI=1S/C10H17N5O2/c1-4-10(11)5-15(6-10)7-12-8(16-2)14-9(13-7)17-3/h4-6,11H2,1-3H3. The predicted octanol–water partition coefficient (Wildman–Crippen LogP) is -0.184. The average Bonchev–Trinajstić information content (AvgIpc) is 2.34. The highest BCUT2D eigenvalue weighted by atomic mass is 16.5. The fourth-order valence-electron chi connectivity index (χ4n) is 1.73. The van der Waals surface area contributed by atoms with E-state index >= 15 is 0 Å². The highest BCUT2D eigenvalue weighted by Gasteiger charge is 2.39. The lowest BCUT2D eigenvalue weighted by Gasteiger charge is -2.47. The summed E-state index contributed by atoms with van der Waals surface area (Å²) in [6, 6.07) is 0.496. The molecule has 7 nitrogen and oxygen atoms in total. The average molecular weight is 239 g/mol. The normalized spacial score (nSPS) is 17.5. The van der Waals surface area contributed by atoms with Crippen LogP contribution in [0.2, 0.25) is 0 Å². The lowest BCUT2D eigenvalue weighted by Crippen LogP contribution is -2.67. The Bertz CT molecular complexity index is 383. The van der Waals surface area contributed by atoms with Gasteiger partial charge in [-0.3, -0.25) is 0 Å². The number of ether oxygens (including phenoxy) is 2. The molecule has 0 atom stereocenters. The van der Waals surface area contributed by atoms with Gasteiger partial charge in [0.15, 0.2) is 0 Å². The maximum absolute atomic E-state index is 6.10. The molecule has 0 aromatic carbocycles. The Labute approximate surface area is 100.0 Å². The van der Waals surface area contributed by atoms with E-state index < -0.39 is 0 Å². The first kappa shape index (κ1) is 11.8. The third kappa shape index (κ3) is 2.23. The highest BCUT2D eigenvalue weighted by Crippen LogP contribution is 2.27. The lowest BCUT2D eigenvalue weighted by molar-refractivity contribution is 0.306.